The van der Waals surface area contributed by atoms with Crippen molar-refractivity contribution < 1.29 is 9.90 Å². The van der Waals surface area contributed by atoms with Crippen molar-refractivity contribution in [1.29, 1.82) is 0 Å². The van der Waals surface area contributed by atoms with Gasteiger partial charge in [0.2, 0.25) is 0 Å². The fourth-order valence-corrected chi connectivity index (χ4v) is 3.87. The van der Waals surface area contributed by atoms with Gasteiger partial charge in [-0.15, -0.1) is 0 Å². The molecule has 0 saturated heterocycles. The molecule has 0 aliphatic heterocycles. The average molecular weight is 250 g/mol. The molecule has 0 radical (unpaired) electrons. The quantitative estimate of drug-likeness (QED) is 0.743. The zero-order valence-electron chi connectivity index (χ0n) is 12.1. The van der Waals surface area contributed by atoms with E-state index in [1.54, 1.807) is 0 Å². The van der Waals surface area contributed by atoms with Crippen molar-refractivity contribution in [2.45, 2.75) is 59.8 Å². The molecule has 1 saturated carbocycles. The molecule has 2 nitrogen and oxygen atoms in total. The highest BCUT2D eigenvalue weighted by Crippen LogP contribution is 2.54. The van der Waals surface area contributed by atoms with Crippen molar-refractivity contribution in [3.05, 3.63) is 11.6 Å². The number of allylic oxidation sites excluding steroid dienone is 2. The molecule has 0 aromatic heterocycles. The molecule has 3 unspecified atom stereocenters. The molecule has 2 aliphatic rings. The molecule has 2 aliphatic carbocycles. The summed E-state index contributed by atoms with van der Waals surface area (Å²) in [6, 6.07) is 0. The van der Waals surface area contributed by atoms with Crippen LogP contribution in [0.3, 0.4) is 0 Å². The fourth-order valence-electron chi connectivity index (χ4n) is 3.87. The Labute approximate surface area is 110 Å². The maximum atomic E-state index is 11.1. The maximum absolute atomic E-state index is 11.1. The van der Waals surface area contributed by atoms with Crippen LogP contribution in [0.1, 0.15) is 59.8 Å². The van der Waals surface area contributed by atoms with Crippen LogP contribution >= 0.6 is 0 Å². The lowest BCUT2D eigenvalue weighted by molar-refractivity contribution is -0.139. The minimum absolute atomic E-state index is 0.105. The predicted molar refractivity (Wildman–Crippen MR) is 73.3 cm³/mol. The molecule has 0 aromatic carbocycles. The minimum atomic E-state index is -0.657. The van der Waals surface area contributed by atoms with Gasteiger partial charge in [0.15, 0.2) is 0 Å². The third-order valence-corrected chi connectivity index (χ3v) is 5.39. The molecule has 2 rings (SSSR count). The maximum Gasteiger partial charge on any atom is 0.304 e. The van der Waals surface area contributed by atoms with Gasteiger partial charge >= 0.3 is 5.97 Å². The second-order valence-corrected chi connectivity index (χ2v) is 7.28. The molecule has 1 fully saturated rings. The molecule has 18 heavy (non-hydrogen) atoms. The number of hydrogen-bond acceptors (Lipinski definition) is 1. The topological polar surface area (TPSA) is 37.3 Å². The monoisotopic (exact) mass is 250 g/mol. The zero-order valence-corrected chi connectivity index (χ0v) is 12.1. The van der Waals surface area contributed by atoms with E-state index in [-0.39, 0.29) is 10.8 Å². The van der Waals surface area contributed by atoms with Gasteiger partial charge in [-0.05, 0) is 41.9 Å². The predicted octanol–water partition coefficient (Wildman–Crippen LogP) is 4.26. The smallest absolute Gasteiger partial charge is 0.304 e. The summed E-state index contributed by atoms with van der Waals surface area (Å²) in [7, 11) is 0. The Morgan fingerprint density at radius 3 is 2.72 bits per heavy atom. The first-order valence-corrected chi connectivity index (χ1v) is 7.20. The summed E-state index contributed by atoms with van der Waals surface area (Å²) in [5.74, 6) is 0.667. The van der Waals surface area contributed by atoms with E-state index in [1.165, 1.54) is 24.8 Å². The van der Waals surface area contributed by atoms with Crippen LogP contribution in [0, 0.1) is 22.7 Å². The van der Waals surface area contributed by atoms with Crippen molar-refractivity contribution in [2.75, 3.05) is 0 Å². The second kappa shape index (κ2) is 4.40. The Hall–Kier alpha value is -0.790. The Morgan fingerprint density at radius 1 is 1.44 bits per heavy atom. The normalized spacial score (nSPS) is 38.8. The van der Waals surface area contributed by atoms with E-state index in [4.69, 9.17) is 0 Å². The van der Waals surface area contributed by atoms with E-state index >= 15 is 0 Å². The lowest BCUT2D eigenvalue weighted by atomic mass is 9.57. The van der Waals surface area contributed by atoms with Gasteiger partial charge in [0.25, 0.3) is 0 Å². The number of carboxylic acid groups (broad SMARTS) is 1. The third kappa shape index (κ3) is 2.34. The number of rotatable bonds is 2. The van der Waals surface area contributed by atoms with Crippen molar-refractivity contribution in [2.24, 2.45) is 22.7 Å². The molecular formula is C16H26O2. The van der Waals surface area contributed by atoms with Gasteiger partial charge in [0, 0.05) is 0 Å². The Bertz CT molecular complexity index is 381. The SMILES string of the molecule is CC1CC2CCCC(C)(CC(=O)O)C2=CC1(C)C. The van der Waals surface area contributed by atoms with Crippen LogP contribution in [0.5, 0.6) is 0 Å². The summed E-state index contributed by atoms with van der Waals surface area (Å²) < 4.78 is 0. The summed E-state index contributed by atoms with van der Waals surface area (Å²) in [6.07, 6.45) is 7.40. The van der Waals surface area contributed by atoms with E-state index in [1.807, 2.05) is 0 Å². The highest BCUT2D eigenvalue weighted by atomic mass is 16.4. The zero-order chi connectivity index (χ0) is 13.6. The standard InChI is InChI=1S/C16H26O2/c1-11-8-12-6-5-7-16(4,10-14(17)18)13(12)9-15(11,2)3/h9,11-12H,5-8,10H2,1-4H3,(H,17,18). The number of carbonyl (C=O) groups is 1. The van der Waals surface area contributed by atoms with E-state index in [0.717, 1.165) is 6.42 Å². The Morgan fingerprint density at radius 2 is 2.11 bits per heavy atom. The number of aliphatic carboxylic acids is 1. The highest BCUT2D eigenvalue weighted by Gasteiger charge is 2.44. The van der Waals surface area contributed by atoms with E-state index in [9.17, 15) is 9.90 Å². The van der Waals surface area contributed by atoms with Crippen LogP contribution in [0.2, 0.25) is 0 Å². The lowest BCUT2D eigenvalue weighted by Crippen LogP contribution is -2.38. The first kappa shape index (κ1) is 13.6. The van der Waals surface area contributed by atoms with Crippen molar-refractivity contribution in [3.8, 4) is 0 Å². The fraction of sp³-hybridized carbons (Fsp3) is 0.812. The van der Waals surface area contributed by atoms with Crippen LogP contribution in [0.25, 0.3) is 0 Å². The van der Waals surface area contributed by atoms with Gasteiger partial charge in [-0.1, -0.05) is 45.8 Å². The lowest BCUT2D eigenvalue weighted by Gasteiger charge is -2.48. The highest BCUT2D eigenvalue weighted by molar-refractivity contribution is 5.68. The first-order chi connectivity index (χ1) is 8.24. The second-order valence-electron chi connectivity index (χ2n) is 7.28. The molecule has 1 N–H and O–H groups in total. The third-order valence-electron chi connectivity index (χ3n) is 5.39. The Balaban J connectivity index is 2.36. The molecule has 0 spiro atoms. The summed E-state index contributed by atoms with van der Waals surface area (Å²) in [6.45, 7) is 9.06. The molecule has 2 heteroatoms. The van der Waals surface area contributed by atoms with Gasteiger partial charge in [-0.3, -0.25) is 4.79 Å². The van der Waals surface area contributed by atoms with E-state index in [2.05, 4.69) is 33.8 Å². The largest absolute Gasteiger partial charge is 0.481 e. The van der Waals surface area contributed by atoms with Gasteiger partial charge in [-0.25, -0.2) is 0 Å². The van der Waals surface area contributed by atoms with Crippen LogP contribution in [-0.2, 0) is 4.79 Å². The number of fused-ring (bicyclic) bond motifs is 1. The Kier molecular flexibility index (Phi) is 3.33. The molecule has 0 bridgehead atoms. The van der Waals surface area contributed by atoms with Gasteiger partial charge in [-0.2, -0.15) is 0 Å². The number of hydrogen-bond donors (Lipinski definition) is 1. The number of carboxylic acids is 1. The van der Waals surface area contributed by atoms with Crippen LogP contribution in [-0.4, -0.2) is 11.1 Å². The summed E-state index contributed by atoms with van der Waals surface area (Å²) in [5.41, 5.74) is 1.55. The minimum Gasteiger partial charge on any atom is -0.481 e. The molecule has 3 atom stereocenters. The molecule has 0 heterocycles. The summed E-state index contributed by atoms with van der Waals surface area (Å²) >= 11 is 0. The van der Waals surface area contributed by atoms with Gasteiger partial charge < -0.3 is 5.11 Å². The van der Waals surface area contributed by atoms with E-state index in [0.29, 0.717) is 18.3 Å². The van der Waals surface area contributed by atoms with Crippen molar-refractivity contribution in [1.82, 2.24) is 0 Å². The summed E-state index contributed by atoms with van der Waals surface area (Å²) in [5, 5.41) is 9.18. The van der Waals surface area contributed by atoms with Crippen LogP contribution in [0.4, 0.5) is 0 Å². The first-order valence-electron chi connectivity index (χ1n) is 7.20. The molecule has 0 aromatic rings. The average Bonchev–Trinajstić information content (AvgIpc) is 2.20. The van der Waals surface area contributed by atoms with Gasteiger partial charge in [0.05, 0.1) is 6.42 Å². The van der Waals surface area contributed by atoms with Crippen molar-refractivity contribution in [3.63, 3.8) is 0 Å². The van der Waals surface area contributed by atoms with Crippen LogP contribution in [0.15, 0.2) is 11.6 Å². The van der Waals surface area contributed by atoms with E-state index < -0.39 is 5.97 Å². The van der Waals surface area contributed by atoms with Crippen LogP contribution < -0.4 is 0 Å². The molecule has 0 amide bonds. The molecule has 102 valence electrons. The van der Waals surface area contributed by atoms with Gasteiger partial charge in [0.1, 0.15) is 0 Å². The van der Waals surface area contributed by atoms with Crippen molar-refractivity contribution >= 4 is 5.97 Å². The summed E-state index contributed by atoms with van der Waals surface area (Å²) in [4.78, 5) is 11.1. The molecular weight excluding hydrogens is 224 g/mol.